The van der Waals surface area contributed by atoms with Gasteiger partial charge in [0, 0.05) is 6.42 Å². The van der Waals surface area contributed by atoms with Gasteiger partial charge in [0.2, 0.25) is 0 Å². The van der Waals surface area contributed by atoms with Gasteiger partial charge in [0.25, 0.3) is 6.02 Å². The first-order valence-electron chi connectivity index (χ1n) is 6.78. The number of nitrogens with two attached hydrogens (primary N) is 1. The summed E-state index contributed by atoms with van der Waals surface area (Å²) in [6, 6.07) is -0.453. The van der Waals surface area contributed by atoms with Crippen LogP contribution in [0.1, 0.15) is 54.4 Å². The Morgan fingerprint density at radius 2 is 1.65 bits per heavy atom. The Kier molecular flexibility index (Phi) is 6.99. The highest BCUT2D eigenvalue weighted by atomic mass is 16.6. The highest BCUT2D eigenvalue weighted by Gasteiger charge is 2.19. The van der Waals surface area contributed by atoms with Crippen LogP contribution in [-0.4, -0.2) is 40.9 Å². The molecule has 0 aromatic heterocycles. The molecule has 3 N–H and O–H groups in total. The lowest BCUT2D eigenvalue weighted by molar-refractivity contribution is -0.155. The van der Waals surface area contributed by atoms with Crippen molar-refractivity contribution in [2.24, 2.45) is 10.7 Å². The number of ether oxygens (including phenoxy) is 2. The van der Waals surface area contributed by atoms with Crippen LogP contribution in [0.5, 0.6) is 0 Å². The quantitative estimate of drug-likeness (QED) is 0.455. The number of carbonyl (C=O) groups is 1. The zero-order valence-electron chi connectivity index (χ0n) is 13.4. The topological polar surface area (TPSA) is 94.1 Å². The zero-order chi connectivity index (χ0) is 16.0. The number of amidine groups is 1. The van der Waals surface area contributed by atoms with Gasteiger partial charge in [-0.15, -0.1) is 0 Å². The van der Waals surface area contributed by atoms with Crippen molar-refractivity contribution in [2.75, 3.05) is 6.61 Å². The second-order valence-electron chi connectivity index (χ2n) is 6.64. The van der Waals surface area contributed by atoms with Crippen LogP contribution in [0.3, 0.4) is 0 Å². The molecular weight excluding hydrogens is 260 g/mol. The standard InChI is InChI=1S/C14H28N2O4/c1-13(2,3)19-11(18)8-7-10(9-17)16-12(15)20-14(4,5)6/h10,17H,7-9H2,1-6H3,(H2,15,16)/t10-/m1/s1. The van der Waals surface area contributed by atoms with E-state index >= 15 is 0 Å². The third kappa shape index (κ3) is 10.6. The zero-order valence-corrected chi connectivity index (χ0v) is 13.4. The fraction of sp³-hybridized carbons (Fsp3) is 0.857. The van der Waals surface area contributed by atoms with Gasteiger partial charge >= 0.3 is 5.97 Å². The first kappa shape index (κ1) is 18.7. The smallest absolute Gasteiger partial charge is 0.306 e. The molecule has 0 aromatic carbocycles. The van der Waals surface area contributed by atoms with Gasteiger partial charge < -0.3 is 20.3 Å². The van der Waals surface area contributed by atoms with Gasteiger partial charge in [0.15, 0.2) is 0 Å². The van der Waals surface area contributed by atoms with E-state index in [4.69, 9.17) is 15.2 Å². The largest absolute Gasteiger partial charge is 0.460 e. The highest BCUT2D eigenvalue weighted by Crippen LogP contribution is 2.12. The van der Waals surface area contributed by atoms with Gasteiger partial charge in [0.05, 0.1) is 12.6 Å². The average molecular weight is 288 g/mol. The Morgan fingerprint density at radius 1 is 1.15 bits per heavy atom. The summed E-state index contributed by atoms with van der Waals surface area (Å²) in [6.45, 7) is 10.8. The second kappa shape index (κ2) is 7.47. The Bertz CT molecular complexity index is 340. The third-order valence-corrected chi connectivity index (χ3v) is 2.03. The summed E-state index contributed by atoms with van der Waals surface area (Å²) >= 11 is 0. The fourth-order valence-electron chi connectivity index (χ4n) is 1.39. The maximum absolute atomic E-state index is 11.6. The minimum Gasteiger partial charge on any atom is -0.460 e. The van der Waals surface area contributed by atoms with Crippen molar-refractivity contribution >= 4 is 12.0 Å². The highest BCUT2D eigenvalue weighted by molar-refractivity contribution is 5.72. The summed E-state index contributed by atoms with van der Waals surface area (Å²) in [7, 11) is 0. The minimum atomic E-state index is -0.510. The minimum absolute atomic E-state index is 0.0146. The fourth-order valence-corrected chi connectivity index (χ4v) is 1.39. The molecule has 0 aliphatic heterocycles. The summed E-state index contributed by atoms with van der Waals surface area (Å²) in [5.74, 6) is -0.318. The number of hydrogen-bond acceptors (Lipinski definition) is 5. The molecule has 6 nitrogen and oxygen atoms in total. The first-order chi connectivity index (χ1) is 8.93. The van der Waals surface area contributed by atoms with Crippen LogP contribution in [0.4, 0.5) is 0 Å². The molecule has 0 aliphatic carbocycles. The molecule has 6 heteroatoms. The Labute approximate surface area is 121 Å². The number of aliphatic hydroxyl groups excluding tert-OH is 1. The van der Waals surface area contributed by atoms with Crippen molar-refractivity contribution in [2.45, 2.75) is 71.6 Å². The summed E-state index contributed by atoms with van der Waals surface area (Å²) in [5, 5.41) is 9.25. The molecule has 0 heterocycles. The molecule has 0 bridgehead atoms. The number of rotatable bonds is 5. The summed E-state index contributed by atoms with van der Waals surface area (Å²) in [6.07, 6.45) is 0.536. The van der Waals surface area contributed by atoms with Gasteiger partial charge in [-0.2, -0.15) is 0 Å². The number of aliphatic imine (C=N–C) groups is 1. The molecule has 0 rings (SSSR count). The van der Waals surface area contributed by atoms with Gasteiger partial charge in [-0.1, -0.05) is 0 Å². The Balaban J connectivity index is 4.36. The lowest BCUT2D eigenvalue weighted by Crippen LogP contribution is -2.31. The number of esters is 1. The summed E-state index contributed by atoms with van der Waals surface area (Å²) in [5.41, 5.74) is 4.69. The second-order valence-corrected chi connectivity index (χ2v) is 6.64. The normalized spacial score (nSPS) is 14.8. The third-order valence-electron chi connectivity index (χ3n) is 2.03. The molecule has 118 valence electrons. The number of carbonyl (C=O) groups excluding carboxylic acids is 1. The first-order valence-corrected chi connectivity index (χ1v) is 6.78. The SMILES string of the molecule is CC(C)(C)OC(=O)CC[C@H](CO)N=C(N)OC(C)(C)C. The van der Waals surface area contributed by atoms with Crippen LogP contribution in [0.15, 0.2) is 4.99 Å². The lowest BCUT2D eigenvalue weighted by Gasteiger charge is -2.22. The van der Waals surface area contributed by atoms with E-state index in [1.54, 1.807) is 0 Å². The van der Waals surface area contributed by atoms with E-state index in [9.17, 15) is 9.90 Å². The Hall–Kier alpha value is -1.30. The van der Waals surface area contributed by atoms with E-state index in [2.05, 4.69) is 4.99 Å². The van der Waals surface area contributed by atoms with Crippen molar-refractivity contribution < 1.29 is 19.4 Å². The van der Waals surface area contributed by atoms with Crippen LogP contribution in [0.2, 0.25) is 0 Å². The van der Waals surface area contributed by atoms with E-state index in [1.165, 1.54) is 0 Å². The van der Waals surface area contributed by atoms with Crippen molar-refractivity contribution in [3.8, 4) is 0 Å². The van der Waals surface area contributed by atoms with Crippen molar-refractivity contribution in [3.05, 3.63) is 0 Å². The van der Waals surface area contributed by atoms with Gasteiger partial charge in [-0.3, -0.25) is 4.79 Å². The predicted molar refractivity (Wildman–Crippen MR) is 78.4 cm³/mol. The average Bonchev–Trinajstić information content (AvgIpc) is 2.18. The van der Waals surface area contributed by atoms with E-state index in [1.807, 2.05) is 41.5 Å². The maximum atomic E-state index is 11.6. The van der Waals surface area contributed by atoms with Crippen molar-refractivity contribution in [1.29, 1.82) is 0 Å². The number of hydrogen-bond donors (Lipinski definition) is 2. The molecule has 1 atom stereocenters. The molecule has 0 saturated carbocycles. The van der Waals surface area contributed by atoms with Gasteiger partial charge in [0.1, 0.15) is 11.2 Å². The van der Waals surface area contributed by atoms with Crippen LogP contribution >= 0.6 is 0 Å². The van der Waals surface area contributed by atoms with E-state index < -0.39 is 17.2 Å². The van der Waals surface area contributed by atoms with E-state index in [-0.39, 0.29) is 25.0 Å². The van der Waals surface area contributed by atoms with Crippen LogP contribution < -0.4 is 5.73 Å². The molecule has 0 radical (unpaired) electrons. The molecule has 0 spiro atoms. The van der Waals surface area contributed by atoms with E-state index in [0.717, 1.165) is 0 Å². The molecular formula is C14H28N2O4. The van der Waals surface area contributed by atoms with Crippen LogP contribution in [-0.2, 0) is 14.3 Å². The van der Waals surface area contributed by atoms with E-state index in [0.29, 0.717) is 6.42 Å². The molecule has 0 saturated heterocycles. The predicted octanol–water partition coefficient (Wildman–Crippen LogP) is 1.60. The van der Waals surface area contributed by atoms with Crippen molar-refractivity contribution in [3.63, 3.8) is 0 Å². The Morgan fingerprint density at radius 3 is 2.05 bits per heavy atom. The van der Waals surface area contributed by atoms with Crippen LogP contribution in [0.25, 0.3) is 0 Å². The van der Waals surface area contributed by atoms with Crippen LogP contribution in [0, 0.1) is 0 Å². The molecule has 0 unspecified atom stereocenters. The maximum Gasteiger partial charge on any atom is 0.306 e. The van der Waals surface area contributed by atoms with Gasteiger partial charge in [-0.05, 0) is 48.0 Å². The molecule has 0 fully saturated rings. The molecule has 0 aromatic rings. The molecule has 0 amide bonds. The van der Waals surface area contributed by atoms with Gasteiger partial charge in [-0.25, -0.2) is 4.99 Å². The van der Waals surface area contributed by atoms with Crippen molar-refractivity contribution in [1.82, 2.24) is 0 Å². The molecule has 20 heavy (non-hydrogen) atoms. The lowest BCUT2D eigenvalue weighted by atomic mass is 10.1. The summed E-state index contributed by atoms with van der Waals surface area (Å²) in [4.78, 5) is 15.6. The summed E-state index contributed by atoms with van der Waals surface area (Å²) < 4.78 is 10.5. The number of nitrogens with zero attached hydrogens (tertiary/aromatic N) is 1. The number of aliphatic hydroxyl groups is 1. The monoisotopic (exact) mass is 288 g/mol. The molecule has 0 aliphatic rings.